The molecule has 4 nitrogen and oxygen atoms in total. The molecule has 1 unspecified atom stereocenters. The lowest BCUT2D eigenvalue weighted by Gasteiger charge is -2.23. The molecule has 0 radical (unpaired) electrons. The summed E-state index contributed by atoms with van der Waals surface area (Å²) >= 11 is 0. The minimum Gasteiger partial charge on any atom is -0.435 e. The van der Waals surface area contributed by atoms with E-state index >= 15 is 0 Å². The zero-order chi connectivity index (χ0) is 10.5. The van der Waals surface area contributed by atoms with Gasteiger partial charge in [0.25, 0.3) is 0 Å². The monoisotopic (exact) mass is 185 g/mol. The maximum absolute atomic E-state index is 10.9. The highest BCUT2D eigenvalue weighted by molar-refractivity contribution is 5.60. The molecule has 0 rings (SSSR count). The van der Waals surface area contributed by atoms with Crippen molar-refractivity contribution >= 4 is 6.16 Å². The quantitative estimate of drug-likeness (QED) is 0.618. The molecule has 0 bridgehead atoms. The maximum atomic E-state index is 10.9. The van der Waals surface area contributed by atoms with Crippen molar-refractivity contribution in [3.8, 4) is 6.07 Å². The van der Waals surface area contributed by atoms with Gasteiger partial charge in [-0.1, -0.05) is 20.8 Å². The first-order chi connectivity index (χ1) is 5.91. The van der Waals surface area contributed by atoms with E-state index in [-0.39, 0.29) is 12.0 Å². The van der Waals surface area contributed by atoms with Crippen molar-refractivity contribution in [2.45, 2.75) is 33.8 Å². The highest BCUT2D eigenvalue weighted by atomic mass is 16.7. The SMILES string of the molecule is CCOC(=O)OC(C#N)C(C)(C)C. The van der Waals surface area contributed by atoms with Crippen molar-refractivity contribution in [1.82, 2.24) is 0 Å². The second-order valence-corrected chi connectivity index (χ2v) is 3.68. The minimum atomic E-state index is -0.788. The van der Waals surface area contributed by atoms with Gasteiger partial charge in [0, 0.05) is 5.41 Å². The topological polar surface area (TPSA) is 59.3 Å². The molecule has 0 fully saturated rings. The van der Waals surface area contributed by atoms with E-state index in [9.17, 15) is 4.79 Å². The molecule has 0 amide bonds. The fourth-order valence-corrected chi connectivity index (χ4v) is 0.645. The average Bonchev–Trinajstić information content (AvgIpc) is 1.98. The number of hydrogen-bond donors (Lipinski definition) is 0. The van der Waals surface area contributed by atoms with E-state index in [1.165, 1.54) is 0 Å². The summed E-state index contributed by atoms with van der Waals surface area (Å²) in [5.74, 6) is 0. The number of hydrogen-bond acceptors (Lipinski definition) is 4. The van der Waals surface area contributed by atoms with Crippen LogP contribution < -0.4 is 0 Å². The van der Waals surface area contributed by atoms with Gasteiger partial charge in [-0.3, -0.25) is 0 Å². The van der Waals surface area contributed by atoms with Crippen LogP contribution in [0.1, 0.15) is 27.7 Å². The number of nitrogens with zero attached hydrogens (tertiary/aromatic N) is 1. The molecule has 0 heterocycles. The van der Waals surface area contributed by atoms with Gasteiger partial charge in [0.15, 0.2) is 6.10 Å². The number of carbonyl (C=O) groups is 1. The smallest absolute Gasteiger partial charge is 0.435 e. The third-order valence-electron chi connectivity index (χ3n) is 1.38. The van der Waals surface area contributed by atoms with Gasteiger partial charge in [0.2, 0.25) is 0 Å². The van der Waals surface area contributed by atoms with E-state index in [2.05, 4.69) is 4.74 Å². The van der Waals surface area contributed by atoms with Crippen LogP contribution in [0.3, 0.4) is 0 Å². The second-order valence-electron chi connectivity index (χ2n) is 3.68. The Morgan fingerprint density at radius 2 is 2.08 bits per heavy atom. The van der Waals surface area contributed by atoms with Crippen LogP contribution in [0.4, 0.5) is 4.79 Å². The van der Waals surface area contributed by atoms with Crippen LogP contribution in [0.2, 0.25) is 0 Å². The first kappa shape index (κ1) is 11.8. The third-order valence-corrected chi connectivity index (χ3v) is 1.38. The van der Waals surface area contributed by atoms with Crippen LogP contribution >= 0.6 is 0 Å². The number of nitriles is 1. The van der Waals surface area contributed by atoms with E-state index in [1.54, 1.807) is 6.92 Å². The summed E-state index contributed by atoms with van der Waals surface area (Å²) in [7, 11) is 0. The summed E-state index contributed by atoms with van der Waals surface area (Å²) in [6, 6.07) is 1.91. The maximum Gasteiger partial charge on any atom is 0.509 e. The Kier molecular flexibility index (Phi) is 4.26. The van der Waals surface area contributed by atoms with Crippen LogP contribution in [-0.4, -0.2) is 18.9 Å². The molecule has 0 aromatic carbocycles. The predicted molar refractivity (Wildman–Crippen MR) is 47.0 cm³/mol. The number of rotatable bonds is 2. The van der Waals surface area contributed by atoms with Gasteiger partial charge < -0.3 is 9.47 Å². The number of ether oxygens (including phenoxy) is 2. The van der Waals surface area contributed by atoms with E-state index in [1.807, 2.05) is 26.8 Å². The lowest BCUT2D eigenvalue weighted by atomic mass is 9.90. The molecule has 0 N–H and O–H groups in total. The molecule has 0 aromatic rings. The van der Waals surface area contributed by atoms with Gasteiger partial charge in [0.1, 0.15) is 6.07 Å². The lowest BCUT2D eigenvalue weighted by Crippen LogP contribution is -2.30. The molecular formula is C9H15NO3. The molecule has 13 heavy (non-hydrogen) atoms. The predicted octanol–water partition coefficient (Wildman–Crippen LogP) is 2.10. The molecular weight excluding hydrogens is 170 g/mol. The second kappa shape index (κ2) is 4.70. The molecule has 0 spiro atoms. The van der Waals surface area contributed by atoms with Gasteiger partial charge in [-0.25, -0.2) is 4.79 Å². The molecule has 1 atom stereocenters. The summed E-state index contributed by atoms with van der Waals surface area (Å²) in [6.45, 7) is 7.39. The molecule has 74 valence electrons. The van der Waals surface area contributed by atoms with Crippen LogP contribution in [0.15, 0.2) is 0 Å². The van der Waals surface area contributed by atoms with E-state index < -0.39 is 12.3 Å². The zero-order valence-corrected chi connectivity index (χ0v) is 8.46. The van der Waals surface area contributed by atoms with Crippen LogP contribution in [0.25, 0.3) is 0 Å². The molecule has 0 saturated heterocycles. The molecule has 0 aromatic heterocycles. The zero-order valence-electron chi connectivity index (χ0n) is 8.46. The fraction of sp³-hybridized carbons (Fsp3) is 0.778. The van der Waals surface area contributed by atoms with Crippen molar-refractivity contribution < 1.29 is 14.3 Å². The molecule has 0 aliphatic heterocycles. The van der Waals surface area contributed by atoms with Gasteiger partial charge in [-0.2, -0.15) is 5.26 Å². The van der Waals surface area contributed by atoms with Gasteiger partial charge in [-0.15, -0.1) is 0 Å². The van der Waals surface area contributed by atoms with Crippen LogP contribution in [0.5, 0.6) is 0 Å². The summed E-state index contributed by atoms with van der Waals surface area (Å²) < 4.78 is 9.34. The van der Waals surface area contributed by atoms with Gasteiger partial charge >= 0.3 is 6.16 Å². The minimum absolute atomic E-state index is 0.251. The van der Waals surface area contributed by atoms with E-state index in [0.29, 0.717) is 0 Å². The van der Waals surface area contributed by atoms with Crippen molar-refractivity contribution in [3.05, 3.63) is 0 Å². The van der Waals surface area contributed by atoms with Crippen molar-refractivity contribution in [3.63, 3.8) is 0 Å². The Morgan fingerprint density at radius 3 is 2.38 bits per heavy atom. The largest absolute Gasteiger partial charge is 0.509 e. The Morgan fingerprint density at radius 1 is 1.54 bits per heavy atom. The molecule has 0 aliphatic carbocycles. The Bertz CT molecular complexity index is 212. The van der Waals surface area contributed by atoms with Crippen LogP contribution in [0, 0.1) is 16.7 Å². The Hall–Kier alpha value is -1.24. The van der Waals surface area contributed by atoms with Crippen LogP contribution in [-0.2, 0) is 9.47 Å². The molecule has 0 saturated carbocycles. The number of carbonyl (C=O) groups excluding carboxylic acids is 1. The standard InChI is InChI=1S/C9H15NO3/c1-5-12-8(11)13-7(6-10)9(2,3)4/h7H,5H2,1-4H3. The average molecular weight is 185 g/mol. The summed E-state index contributed by atoms with van der Waals surface area (Å²) in [6.07, 6.45) is -1.56. The van der Waals surface area contributed by atoms with Crippen molar-refractivity contribution in [1.29, 1.82) is 5.26 Å². The molecule has 0 aliphatic rings. The van der Waals surface area contributed by atoms with E-state index in [0.717, 1.165) is 0 Å². The Balaban J connectivity index is 4.17. The third kappa shape index (κ3) is 4.36. The summed E-state index contributed by atoms with van der Waals surface area (Å²) in [5.41, 5.74) is -0.387. The highest BCUT2D eigenvalue weighted by Crippen LogP contribution is 2.21. The lowest BCUT2D eigenvalue weighted by molar-refractivity contribution is 0.00907. The molecule has 4 heteroatoms. The van der Waals surface area contributed by atoms with Gasteiger partial charge in [0.05, 0.1) is 6.61 Å². The van der Waals surface area contributed by atoms with Gasteiger partial charge in [-0.05, 0) is 6.92 Å². The Labute approximate surface area is 78.4 Å². The normalized spacial score (nSPS) is 12.8. The highest BCUT2D eigenvalue weighted by Gasteiger charge is 2.28. The summed E-state index contributed by atoms with van der Waals surface area (Å²) in [4.78, 5) is 10.9. The van der Waals surface area contributed by atoms with E-state index in [4.69, 9.17) is 10.00 Å². The summed E-state index contributed by atoms with van der Waals surface area (Å²) in [5, 5.41) is 8.70. The van der Waals surface area contributed by atoms with Crippen molar-refractivity contribution in [2.24, 2.45) is 5.41 Å². The first-order valence-electron chi connectivity index (χ1n) is 4.14. The fourth-order valence-electron chi connectivity index (χ4n) is 0.645. The first-order valence-corrected chi connectivity index (χ1v) is 4.14. The van der Waals surface area contributed by atoms with Crippen molar-refractivity contribution in [2.75, 3.05) is 6.61 Å².